The summed E-state index contributed by atoms with van der Waals surface area (Å²) in [6, 6.07) is 19.9. The van der Waals surface area contributed by atoms with E-state index in [9.17, 15) is 5.11 Å². The first-order chi connectivity index (χ1) is 16.6. The van der Waals surface area contributed by atoms with Crippen molar-refractivity contribution in [1.82, 2.24) is 19.8 Å². The normalized spacial score (nSPS) is 17.4. The Bertz CT molecular complexity index is 1070. The van der Waals surface area contributed by atoms with Gasteiger partial charge in [0.1, 0.15) is 11.6 Å². The van der Waals surface area contributed by atoms with Gasteiger partial charge in [0.15, 0.2) is 0 Å². The van der Waals surface area contributed by atoms with Crippen LogP contribution in [0.4, 0.5) is 0 Å². The Morgan fingerprint density at radius 2 is 1.68 bits per heavy atom. The number of likely N-dealkylation sites (tertiary alicyclic amines) is 1. The molecule has 0 spiro atoms. The summed E-state index contributed by atoms with van der Waals surface area (Å²) in [5.41, 5.74) is 4.80. The zero-order valence-corrected chi connectivity index (χ0v) is 20.2. The van der Waals surface area contributed by atoms with E-state index in [0.717, 1.165) is 43.4 Å². The SMILES string of the molecule is CN1CCC(N(Cc2cccc(-c3ccnc(CCCc4ccc(O)cc4)n3)c2)C2CC2)CC1. The van der Waals surface area contributed by atoms with E-state index in [4.69, 9.17) is 4.98 Å². The van der Waals surface area contributed by atoms with E-state index < -0.39 is 0 Å². The molecule has 5 nitrogen and oxygen atoms in total. The average molecular weight is 457 g/mol. The topological polar surface area (TPSA) is 52.5 Å². The second kappa shape index (κ2) is 10.7. The number of phenolic OH excluding ortho intramolecular Hbond substituents is 1. The summed E-state index contributed by atoms with van der Waals surface area (Å²) in [7, 11) is 2.24. The van der Waals surface area contributed by atoms with E-state index in [1.54, 1.807) is 12.1 Å². The summed E-state index contributed by atoms with van der Waals surface area (Å²) in [6.07, 6.45) is 9.95. The lowest BCUT2D eigenvalue weighted by Gasteiger charge is -2.37. The molecule has 34 heavy (non-hydrogen) atoms. The number of hydrogen-bond donors (Lipinski definition) is 1. The molecule has 1 aromatic heterocycles. The number of hydrogen-bond acceptors (Lipinski definition) is 5. The quantitative estimate of drug-likeness (QED) is 0.486. The first kappa shape index (κ1) is 23.0. The molecular weight excluding hydrogens is 420 g/mol. The van der Waals surface area contributed by atoms with Gasteiger partial charge in [0.2, 0.25) is 0 Å². The second-order valence-electron chi connectivity index (χ2n) is 10.0. The number of rotatable bonds is 9. The Balaban J connectivity index is 1.23. The van der Waals surface area contributed by atoms with E-state index in [0.29, 0.717) is 11.8 Å². The highest BCUT2D eigenvalue weighted by Crippen LogP contribution is 2.33. The Kier molecular flexibility index (Phi) is 7.21. The fourth-order valence-corrected chi connectivity index (χ4v) is 5.12. The molecule has 1 saturated heterocycles. The molecule has 5 heteroatoms. The molecule has 1 saturated carbocycles. The molecule has 2 aromatic carbocycles. The Labute approximate surface area is 203 Å². The van der Waals surface area contributed by atoms with Crippen LogP contribution in [-0.4, -0.2) is 57.1 Å². The lowest BCUT2D eigenvalue weighted by atomic mass is 10.0. The van der Waals surface area contributed by atoms with Crippen LogP contribution in [0, 0.1) is 0 Å². The number of nitrogens with zero attached hydrogens (tertiary/aromatic N) is 4. The van der Waals surface area contributed by atoms with E-state index in [1.165, 1.54) is 55.5 Å². The summed E-state index contributed by atoms with van der Waals surface area (Å²) in [6.45, 7) is 3.46. The van der Waals surface area contributed by atoms with Gasteiger partial charge in [-0.3, -0.25) is 4.90 Å². The molecule has 3 aromatic rings. The van der Waals surface area contributed by atoms with Crippen LogP contribution in [-0.2, 0) is 19.4 Å². The molecule has 0 amide bonds. The lowest BCUT2D eigenvalue weighted by Crippen LogP contribution is -2.44. The third-order valence-electron chi connectivity index (χ3n) is 7.27. The van der Waals surface area contributed by atoms with Gasteiger partial charge >= 0.3 is 0 Å². The highest BCUT2D eigenvalue weighted by molar-refractivity contribution is 5.59. The van der Waals surface area contributed by atoms with Crippen LogP contribution in [0.15, 0.2) is 60.8 Å². The van der Waals surface area contributed by atoms with Crippen LogP contribution in [0.3, 0.4) is 0 Å². The van der Waals surface area contributed by atoms with Crippen molar-refractivity contribution in [3.8, 4) is 17.0 Å². The van der Waals surface area contributed by atoms with Crippen LogP contribution in [0.25, 0.3) is 11.3 Å². The molecule has 1 aliphatic heterocycles. The van der Waals surface area contributed by atoms with Crippen LogP contribution in [0.5, 0.6) is 5.75 Å². The third-order valence-corrected chi connectivity index (χ3v) is 7.27. The van der Waals surface area contributed by atoms with Crippen LogP contribution in [0.1, 0.15) is 49.1 Å². The molecule has 2 aliphatic rings. The first-order valence-electron chi connectivity index (χ1n) is 12.8. The highest BCUT2D eigenvalue weighted by Gasteiger charge is 2.35. The fourth-order valence-electron chi connectivity index (χ4n) is 5.12. The van der Waals surface area contributed by atoms with Crippen molar-refractivity contribution in [3.05, 3.63) is 77.7 Å². The molecule has 1 aliphatic carbocycles. The van der Waals surface area contributed by atoms with Gasteiger partial charge in [-0.2, -0.15) is 0 Å². The molecule has 0 radical (unpaired) electrons. The highest BCUT2D eigenvalue weighted by atomic mass is 16.3. The maximum Gasteiger partial charge on any atom is 0.128 e. The zero-order chi connectivity index (χ0) is 23.3. The van der Waals surface area contributed by atoms with Crippen molar-refractivity contribution in [2.75, 3.05) is 20.1 Å². The fraction of sp³-hybridized carbons (Fsp3) is 0.448. The number of aromatic nitrogens is 2. The number of benzene rings is 2. The summed E-state index contributed by atoms with van der Waals surface area (Å²) >= 11 is 0. The number of piperidine rings is 1. The third kappa shape index (κ3) is 6.02. The Morgan fingerprint density at radius 1 is 0.912 bits per heavy atom. The summed E-state index contributed by atoms with van der Waals surface area (Å²) in [5, 5.41) is 9.45. The predicted molar refractivity (Wildman–Crippen MR) is 137 cm³/mol. The van der Waals surface area contributed by atoms with Gasteiger partial charge < -0.3 is 10.0 Å². The van der Waals surface area contributed by atoms with Crippen molar-refractivity contribution < 1.29 is 5.11 Å². The van der Waals surface area contributed by atoms with Crippen molar-refractivity contribution >= 4 is 0 Å². The Morgan fingerprint density at radius 3 is 2.44 bits per heavy atom. The largest absolute Gasteiger partial charge is 0.508 e. The van der Waals surface area contributed by atoms with E-state index >= 15 is 0 Å². The van der Waals surface area contributed by atoms with Gasteiger partial charge in [-0.15, -0.1) is 0 Å². The predicted octanol–water partition coefficient (Wildman–Crippen LogP) is 5.08. The van der Waals surface area contributed by atoms with Crippen molar-refractivity contribution in [2.24, 2.45) is 0 Å². The summed E-state index contributed by atoms with van der Waals surface area (Å²) in [4.78, 5) is 14.6. The summed E-state index contributed by atoms with van der Waals surface area (Å²) in [5.74, 6) is 1.21. The minimum absolute atomic E-state index is 0.314. The minimum atomic E-state index is 0.314. The zero-order valence-electron chi connectivity index (χ0n) is 20.2. The Hall–Kier alpha value is -2.76. The average Bonchev–Trinajstić information content (AvgIpc) is 3.70. The van der Waals surface area contributed by atoms with Crippen LogP contribution < -0.4 is 0 Å². The molecule has 2 fully saturated rings. The van der Waals surface area contributed by atoms with Gasteiger partial charge in [0.05, 0.1) is 5.69 Å². The van der Waals surface area contributed by atoms with E-state index in [-0.39, 0.29) is 0 Å². The maximum absolute atomic E-state index is 9.45. The number of phenols is 1. The molecule has 0 atom stereocenters. The first-order valence-corrected chi connectivity index (χ1v) is 12.8. The number of aromatic hydroxyl groups is 1. The van der Waals surface area contributed by atoms with Gasteiger partial charge in [-0.25, -0.2) is 9.97 Å². The van der Waals surface area contributed by atoms with Crippen molar-refractivity contribution in [1.29, 1.82) is 0 Å². The molecule has 2 heterocycles. The molecule has 0 unspecified atom stereocenters. The van der Waals surface area contributed by atoms with Crippen molar-refractivity contribution in [2.45, 2.75) is 63.6 Å². The summed E-state index contributed by atoms with van der Waals surface area (Å²) < 4.78 is 0. The molecule has 0 bridgehead atoms. The number of aryl methyl sites for hydroxylation is 2. The van der Waals surface area contributed by atoms with Gasteiger partial charge in [-0.05, 0) is 94.1 Å². The molecule has 178 valence electrons. The van der Waals surface area contributed by atoms with Crippen LogP contribution in [0.2, 0.25) is 0 Å². The smallest absolute Gasteiger partial charge is 0.128 e. The van der Waals surface area contributed by atoms with E-state index in [2.05, 4.69) is 46.1 Å². The maximum atomic E-state index is 9.45. The van der Waals surface area contributed by atoms with Gasteiger partial charge in [0, 0.05) is 36.8 Å². The standard InChI is InChI=1S/C29H36N4O/c1-32-18-15-26(16-19-32)33(25-10-11-25)21-23-5-2-6-24(20-23)28-14-17-30-29(31-28)7-3-4-22-8-12-27(34)13-9-22/h2,5-6,8-9,12-14,17,20,25-26,34H,3-4,7,10-11,15-16,18-19,21H2,1H3. The van der Waals surface area contributed by atoms with Crippen LogP contribution >= 0.6 is 0 Å². The minimum Gasteiger partial charge on any atom is -0.508 e. The van der Waals surface area contributed by atoms with E-state index in [1.807, 2.05) is 24.4 Å². The molecular formula is C29H36N4O. The molecule has 5 rings (SSSR count). The van der Waals surface area contributed by atoms with Gasteiger partial charge in [0.25, 0.3) is 0 Å². The van der Waals surface area contributed by atoms with Gasteiger partial charge in [-0.1, -0.05) is 30.3 Å². The second-order valence-corrected chi connectivity index (χ2v) is 10.0. The lowest BCUT2D eigenvalue weighted by molar-refractivity contribution is 0.107. The van der Waals surface area contributed by atoms with Crippen molar-refractivity contribution in [3.63, 3.8) is 0 Å². The molecule has 1 N–H and O–H groups in total. The monoisotopic (exact) mass is 456 g/mol.